The third-order valence-corrected chi connectivity index (χ3v) is 2.28. The van der Waals surface area contributed by atoms with Crippen LogP contribution in [0.5, 0.6) is 0 Å². The van der Waals surface area contributed by atoms with E-state index in [-0.39, 0.29) is 0 Å². The molecule has 0 aliphatic rings. The van der Waals surface area contributed by atoms with Crippen LogP contribution in [0.4, 0.5) is 0 Å². The van der Waals surface area contributed by atoms with Gasteiger partial charge in [0.15, 0.2) is 0 Å². The Morgan fingerprint density at radius 2 is 2.50 bits per heavy atom. The van der Waals surface area contributed by atoms with E-state index in [0.29, 0.717) is 6.42 Å². The standard InChI is InChI=1S/C7H11N3OS/c1-4-10-5(3-12-4)2-6(8)7(9)11/h3,6H,2,8H2,1H3,(H2,9,11). The summed E-state index contributed by atoms with van der Waals surface area (Å²) in [6, 6.07) is -0.619. The summed E-state index contributed by atoms with van der Waals surface area (Å²) in [5.74, 6) is -0.486. The zero-order valence-electron chi connectivity index (χ0n) is 6.78. The largest absolute Gasteiger partial charge is 0.368 e. The number of nitrogens with zero attached hydrogens (tertiary/aromatic N) is 1. The van der Waals surface area contributed by atoms with Gasteiger partial charge in [0.05, 0.1) is 16.7 Å². The van der Waals surface area contributed by atoms with Gasteiger partial charge in [0.2, 0.25) is 5.91 Å². The van der Waals surface area contributed by atoms with Crippen molar-refractivity contribution in [3.8, 4) is 0 Å². The Morgan fingerprint density at radius 1 is 1.83 bits per heavy atom. The molecule has 1 atom stereocenters. The quantitative estimate of drug-likeness (QED) is 0.684. The summed E-state index contributed by atoms with van der Waals surface area (Å²) in [6.07, 6.45) is 0.430. The van der Waals surface area contributed by atoms with Crippen LogP contribution in [0.25, 0.3) is 0 Å². The van der Waals surface area contributed by atoms with E-state index in [4.69, 9.17) is 11.5 Å². The third-order valence-electron chi connectivity index (χ3n) is 1.46. The first-order chi connectivity index (χ1) is 5.59. The number of primary amides is 1. The maximum atomic E-state index is 10.6. The van der Waals surface area contributed by atoms with E-state index in [1.807, 2.05) is 12.3 Å². The lowest BCUT2D eigenvalue weighted by Crippen LogP contribution is -2.38. The Labute approximate surface area is 74.6 Å². The van der Waals surface area contributed by atoms with Gasteiger partial charge in [-0.1, -0.05) is 0 Å². The fourth-order valence-corrected chi connectivity index (χ4v) is 1.45. The molecular weight excluding hydrogens is 174 g/mol. The third kappa shape index (κ3) is 2.28. The summed E-state index contributed by atoms with van der Waals surface area (Å²) in [4.78, 5) is 14.7. The highest BCUT2D eigenvalue weighted by Gasteiger charge is 2.11. The molecule has 0 saturated carbocycles. The van der Waals surface area contributed by atoms with Crippen LogP contribution in [0.3, 0.4) is 0 Å². The van der Waals surface area contributed by atoms with Crippen LogP contribution in [0, 0.1) is 6.92 Å². The molecule has 0 saturated heterocycles. The molecule has 0 fully saturated rings. The molecule has 4 N–H and O–H groups in total. The molecule has 1 amide bonds. The number of carbonyl (C=O) groups excluding carboxylic acids is 1. The van der Waals surface area contributed by atoms with Gasteiger partial charge < -0.3 is 11.5 Å². The van der Waals surface area contributed by atoms with Gasteiger partial charge in [-0.05, 0) is 6.92 Å². The molecule has 0 aliphatic carbocycles. The number of aryl methyl sites for hydroxylation is 1. The van der Waals surface area contributed by atoms with Crippen molar-refractivity contribution >= 4 is 17.2 Å². The van der Waals surface area contributed by atoms with E-state index in [1.165, 1.54) is 11.3 Å². The fraction of sp³-hybridized carbons (Fsp3) is 0.429. The lowest BCUT2D eigenvalue weighted by atomic mass is 10.2. The topological polar surface area (TPSA) is 82.0 Å². The number of amides is 1. The summed E-state index contributed by atoms with van der Waals surface area (Å²) in [5, 5.41) is 2.86. The van der Waals surface area contributed by atoms with Gasteiger partial charge in [-0.3, -0.25) is 4.79 Å². The van der Waals surface area contributed by atoms with Crippen LogP contribution < -0.4 is 11.5 Å². The fourth-order valence-electron chi connectivity index (χ4n) is 0.828. The predicted octanol–water partition coefficient (Wildman–Crippen LogP) is -0.193. The van der Waals surface area contributed by atoms with Crippen molar-refractivity contribution in [3.63, 3.8) is 0 Å². The highest BCUT2D eigenvalue weighted by atomic mass is 32.1. The Balaban J connectivity index is 2.58. The predicted molar refractivity (Wildman–Crippen MR) is 47.7 cm³/mol. The molecule has 12 heavy (non-hydrogen) atoms. The Hall–Kier alpha value is -0.940. The number of thiazole rings is 1. The molecule has 0 aliphatic heterocycles. The number of hydrogen-bond donors (Lipinski definition) is 2. The molecule has 1 aromatic rings. The number of hydrogen-bond acceptors (Lipinski definition) is 4. The molecule has 1 unspecified atom stereocenters. The average molecular weight is 185 g/mol. The molecular formula is C7H11N3OS. The van der Waals surface area contributed by atoms with Gasteiger partial charge in [0, 0.05) is 11.8 Å². The van der Waals surface area contributed by atoms with Crippen LogP contribution >= 0.6 is 11.3 Å². The molecule has 1 heterocycles. The molecule has 0 spiro atoms. The molecule has 0 bridgehead atoms. The number of rotatable bonds is 3. The average Bonchev–Trinajstić information content (AvgIpc) is 2.35. The highest BCUT2D eigenvalue weighted by Crippen LogP contribution is 2.08. The lowest BCUT2D eigenvalue weighted by molar-refractivity contribution is -0.119. The van der Waals surface area contributed by atoms with Crippen LogP contribution in [0.2, 0.25) is 0 Å². The molecule has 1 aromatic heterocycles. The number of aromatic nitrogens is 1. The summed E-state index contributed by atoms with van der Waals surface area (Å²) in [5.41, 5.74) is 11.3. The second-order valence-electron chi connectivity index (χ2n) is 2.57. The van der Waals surface area contributed by atoms with Crippen molar-refractivity contribution in [2.45, 2.75) is 19.4 Å². The van der Waals surface area contributed by atoms with E-state index in [0.717, 1.165) is 10.7 Å². The van der Waals surface area contributed by atoms with E-state index in [2.05, 4.69) is 4.98 Å². The second-order valence-corrected chi connectivity index (χ2v) is 3.63. The first kappa shape index (κ1) is 9.15. The van der Waals surface area contributed by atoms with Gasteiger partial charge in [0.1, 0.15) is 0 Å². The van der Waals surface area contributed by atoms with Crippen LogP contribution in [0.1, 0.15) is 10.7 Å². The molecule has 0 aromatic carbocycles. The zero-order valence-corrected chi connectivity index (χ0v) is 7.60. The van der Waals surface area contributed by atoms with Crippen molar-refractivity contribution < 1.29 is 4.79 Å². The summed E-state index contributed by atoms with van der Waals surface area (Å²) in [6.45, 7) is 1.91. The summed E-state index contributed by atoms with van der Waals surface area (Å²) in [7, 11) is 0. The summed E-state index contributed by atoms with van der Waals surface area (Å²) >= 11 is 1.54. The molecule has 5 heteroatoms. The first-order valence-corrected chi connectivity index (χ1v) is 4.43. The molecule has 1 rings (SSSR count). The monoisotopic (exact) mass is 185 g/mol. The Kier molecular flexibility index (Phi) is 2.78. The molecule has 0 radical (unpaired) electrons. The van der Waals surface area contributed by atoms with E-state index < -0.39 is 11.9 Å². The van der Waals surface area contributed by atoms with Gasteiger partial charge >= 0.3 is 0 Å². The highest BCUT2D eigenvalue weighted by molar-refractivity contribution is 7.09. The molecule has 66 valence electrons. The van der Waals surface area contributed by atoms with Crippen molar-refractivity contribution in [3.05, 3.63) is 16.1 Å². The number of carbonyl (C=O) groups is 1. The summed E-state index contributed by atoms with van der Waals surface area (Å²) < 4.78 is 0. The Bertz CT molecular complexity index is 284. The van der Waals surface area contributed by atoms with Crippen molar-refractivity contribution in [1.82, 2.24) is 4.98 Å². The minimum atomic E-state index is -0.619. The van der Waals surface area contributed by atoms with Gasteiger partial charge in [-0.25, -0.2) is 4.98 Å². The SMILES string of the molecule is Cc1nc(CC(N)C(N)=O)cs1. The first-order valence-electron chi connectivity index (χ1n) is 3.55. The second kappa shape index (κ2) is 3.64. The van der Waals surface area contributed by atoms with E-state index in [1.54, 1.807) is 0 Å². The van der Waals surface area contributed by atoms with Gasteiger partial charge in [-0.15, -0.1) is 11.3 Å². The van der Waals surface area contributed by atoms with E-state index >= 15 is 0 Å². The van der Waals surface area contributed by atoms with Crippen LogP contribution in [0.15, 0.2) is 5.38 Å². The normalized spacial score (nSPS) is 12.8. The lowest BCUT2D eigenvalue weighted by Gasteiger charge is -2.03. The number of nitrogens with two attached hydrogens (primary N) is 2. The minimum Gasteiger partial charge on any atom is -0.368 e. The van der Waals surface area contributed by atoms with Crippen LogP contribution in [-0.2, 0) is 11.2 Å². The van der Waals surface area contributed by atoms with E-state index in [9.17, 15) is 4.79 Å². The minimum absolute atomic E-state index is 0.430. The molecule has 4 nitrogen and oxygen atoms in total. The van der Waals surface area contributed by atoms with Crippen molar-refractivity contribution in [1.29, 1.82) is 0 Å². The maximum absolute atomic E-state index is 10.6. The van der Waals surface area contributed by atoms with Gasteiger partial charge in [-0.2, -0.15) is 0 Å². The van der Waals surface area contributed by atoms with Crippen molar-refractivity contribution in [2.24, 2.45) is 11.5 Å². The Morgan fingerprint density at radius 3 is 2.92 bits per heavy atom. The maximum Gasteiger partial charge on any atom is 0.234 e. The smallest absolute Gasteiger partial charge is 0.234 e. The van der Waals surface area contributed by atoms with Gasteiger partial charge in [0.25, 0.3) is 0 Å². The van der Waals surface area contributed by atoms with Crippen LogP contribution in [-0.4, -0.2) is 16.9 Å². The zero-order chi connectivity index (χ0) is 9.14. The van der Waals surface area contributed by atoms with Crippen molar-refractivity contribution in [2.75, 3.05) is 0 Å².